The van der Waals surface area contributed by atoms with Crippen LogP contribution in [0.4, 0.5) is 0 Å². The minimum Gasteiger partial charge on any atom is -0.356 e. The molecule has 1 aliphatic heterocycles. The zero-order valence-corrected chi connectivity index (χ0v) is 18.8. The standard InChI is InChI=1S/C21H35N5.BrH/c1-4-5-6-7-8-9-13-16-22-19-24-20(26-21(2,3)25-19)23-17-18-14-11-10-12-15-18;/h10-12,14-15H,4-9,13,16-17H2,1-3H3,(H3,22,23,24,25,26);1H. The lowest BCUT2D eigenvalue weighted by Crippen LogP contribution is -2.51. The Hall–Kier alpha value is -1.56. The molecule has 27 heavy (non-hydrogen) atoms. The van der Waals surface area contributed by atoms with Crippen LogP contribution in [-0.4, -0.2) is 24.1 Å². The first-order valence-corrected chi connectivity index (χ1v) is 10.1. The monoisotopic (exact) mass is 437 g/mol. The predicted molar refractivity (Wildman–Crippen MR) is 122 cm³/mol. The van der Waals surface area contributed by atoms with Crippen molar-refractivity contribution in [1.29, 1.82) is 0 Å². The Labute approximate surface area is 175 Å². The first-order chi connectivity index (χ1) is 12.6. The van der Waals surface area contributed by atoms with E-state index in [9.17, 15) is 0 Å². The molecule has 3 N–H and O–H groups in total. The van der Waals surface area contributed by atoms with E-state index in [2.05, 4.69) is 45.0 Å². The molecular weight excluding hydrogens is 402 g/mol. The van der Waals surface area contributed by atoms with Gasteiger partial charge in [-0.3, -0.25) is 5.32 Å². The van der Waals surface area contributed by atoms with Crippen LogP contribution in [0, 0.1) is 0 Å². The lowest BCUT2D eigenvalue weighted by molar-refractivity contribution is 0.527. The van der Waals surface area contributed by atoms with Crippen molar-refractivity contribution in [2.45, 2.75) is 77.9 Å². The molecule has 0 bridgehead atoms. The third kappa shape index (κ3) is 9.80. The summed E-state index contributed by atoms with van der Waals surface area (Å²) in [5.74, 6) is 1.59. The molecule has 0 spiro atoms. The first kappa shape index (κ1) is 23.5. The Morgan fingerprint density at radius 3 is 2.11 bits per heavy atom. The molecule has 5 nitrogen and oxygen atoms in total. The molecule has 1 aromatic carbocycles. The fourth-order valence-electron chi connectivity index (χ4n) is 2.98. The van der Waals surface area contributed by atoms with Gasteiger partial charge in [0.1, 0.15) is 0 Å². The van der Waals surface area contributed by atoms with Crippen LogP contribution in [0.2, 0.25) is 0 Å². The van der Waals surface area contributed by atoms with Gasteiger partial charge in [-0.15, -0.1) is 17.0 Å². The summed E-state index contributed by atoms with van der Waals surface area (Å²) in [7, 11) is 0. The molecule has 0 atom stereocenters. The van der Waals surface area contributed by atoms with E-state index in [1.807, 2.05) is 32.0 Å². The Balaban J connectivity index is 0.00000364. The van der Waals surface area contributed by atoms with Gasteiger partial charge in [-0.25, -0.2) is 9.98 Å². The van der Waals surface area contributed by atoms with E-state index >= 15 is 0 Å². The highest BCUT2D eigenvalue weighted by atomic mass is 79.9. The summed E-state index contributed by atoms with van der Waals surface area (Å²) in [6.45, 7) is 7.99. The Bertz CT molecular complexity index is 583. The highest BCUT2D eigenvalue weighted by Gasteiger charge is 2.22. The van der Waals surface area contributed by atoms with Crippen molar-refractivity contribution in [3.63, 3.8) is 0 Å². The largest absolute Gasteiger partial charge is 0.356 e. The molecule has 0 aromatic heterocycles. The zero-order chi connectivity index (χ0) is 18.7. The summed E-state index contributed by atoms with van der Waals surface area (Å²) in [6.07, 6.45) is 9.20. The lowest BCUT2D eigenvalue weighted by Gasteiger charge is -2.26. The van der Waals surface area contributed by atoms with Gasteiger partial charge in [0.25, 0.3) is 0 Å². The van der Waals surface area contributed by atoms with E-state index in [0.717, 1.165) is 25.0 Å². The predicted octanol–water partition coefficient (Wildman–Crippen LogP) is 4.75. The van der Waals surface area contributed by atoms with Crippen LogP contribution in [0.1, 0.15) is 71.3 Å². The topological polar surface area (TPSA) is 60.8 Å². The number of halogens is 1. The summed E-state index contributed by atoms with van der Waals surface area (Å²) in [4.78, 5) is 9.28. The molecule has 1 aliphatic rings. The van der Waals surface area contributed by atoms with E-state index in [1.165, 1.54) is 50.5 Å². The molecule has 2 rings (SSSR count). The molecule has 6 heteroatoms. The normalized spacial score (nSPS) is 15.1. The fourth-order valence-corrected chi connectivity index (χ4v) is 2.98. The quantitative estimate of drug-likeness (QED) is 0.462. The summed E-state index contributed by atoms with van der Waals surface area (Å²) in [5.41, 5.74) is 0.780. The average molecular weight is 438 g/mol. The Morgan fingerprint density at radius 1 is 0.852 bits per heavy atom. The molecule has 1 heterocycles. The van der Waals surface area contributed by atoms with Crippen molar-refractivity contribution in [2.24, 2.45) is 9.98 Å². The van der Waals surface area contributed by atoms with Crippen molar-refractivity contribution in [3.8, 4) is 0 Å². The maximum atomic E-state index is 4.64. The number of benzene rings is 1. The number of hydrogen-bond donors (Lipinski definition) is 3. The van der Waals surface area contributed by atoms with Gasteiger partial charge in [0, 0.05) is 13.1 Å². The fraction of sp³-hybridized carbons (Fsp3) is 0.619. The molecule has 0 saturated heterocycles. The minimum absolute atomic E-state index is 0. The number of nitrogens with one attached hydrogen (secondary N) is 3. The second-order valence-electron chi connectivity index (χ2n) is 7.43. The maximum absolute atomic E-state index is 4.64. The van der Waals surface area contributed by atoms with Gasteiger partial charge < -0.3 is 10.6 Å². The van der Waals surface area contributed by atoms with Crippen LogP contribution >= 0.6 is 17.0 Å². The highest BCUT2D eigenvalue weighted by Crippen LogP contribution is 2.13. The number of nitrogens with zero attached hydrogens (tertiary/aromatic N) is 2. The van der Waals surface area contributed by atoms with Gasteiger partial charge in [-0.2, -0.15) is 0 Å². The number of rotatable bonds is 10. The lowest BCUT2D eigenvalue weighted by atomic mass is 10.1. The summed E-state index contributed by atoms with van der Waals surface area (Å²) < 4.78 is 0. The van der Waals surface area contributed by atoms with Gasteiger partial charge in [-0.05, 0) is 25.8 Å². The average Bonchev–Trinajstić information content (AvgIpc) is 2.62. The van der Waals surface area contributed by atoms with E-state index in [1.54, 1.807) is 0 Å². The molecule has 0 aliphatic carbocycles. The SMILES string of the molecule is Br.CCCCCCCCCNC1=NC(C)(C)N=C(NCc2ccccc2)N1. The van der Waals surface area contributed by atoms with E-state index < -0.39 is 5.66 Å². The van der Waals surface area contributed by atoms with E-state index in [4.69, 9.17) is 0 Å². The second kappa shape index (κ2) is 12.8. The van der Waals surface area contributed by atoms with Crippen molar-refractivity contribution in [2.75, 3.05) is 6.54 Å². The number of aliphatic imine (C=N–C) groups is 2. The second-order valence-corrected chi connectivity index (χ2v) is 7.43. The minimum atomic E-state index is -0.452. The maximum Gasteiger partial charge on any atom is 0.200 e. The molecule has 152 valence electrons. The molecular formula is C21H36BrN5. The van der Waals surface area contributed by atoms with Gasteiger partial charge in [-0.1, -0.05) is 75.8 Å². The van der Waals surface area contributed by atoms with E-state index in [0.29, 0.717) is 0 Å². The van der Waals surface area contributed by atoms with E-state index in [-0.39, 0.29) is 17.0 Å². The molecule has 0 saturated carbocycles. The number of guanidine groups is 2. The summed E-state index contributed by atoms with van der Waals surface area (Å²) in [5, 5.41) is 10.1. The molecule has 1 aromatic rings. The zero-order valence-electron chi connectivity index (χ0n) is 17.1. The molecule has 0 amide bonds. The number of hydrogen-bond acceptors (Lipinski definition) is 5. The van der Waals surface area contributed by atoms with Crippen LogP contribution < -0.4 is 16.0 Å². The summed E-state index contributed by atoms with van der Waals surface area (Å²) >= 11 is 0. The van der Waals surface area contributed by atoms with Gasteiger partial charge in [0.2, 0.25) is 11.9 Å². The van der Waals surface area contributed by atoms with Gasteiger partial charge >= 0.3 is 0 Å². The summed E-state index contributed by atoms with van der Waals surface area (Å²) in [6, 6.07) is 10.3. The first-order valence-electron chi connectivity index (χ1n) is 10.1. The Morgan fingerprint density at radius 2 is 1.44 bits per heavy atom. The van der Waals surface area contributed by atoms with Crippen molar-refractivity contribution in [1.82, 2.24) is 16.0 Å². The molecule has 0 radical (unpaired) electrons. The Kier molecular flexibility index (Phi) is 11.1. The van der Waals surface area contributed by atoms with Crippen LogP contribution in [0.5, 0.6) is 0 Å². The smallest absolute Gasteiger partial charge is 0.200 e. The van der Waals surface area contributed by atoms with Crippen molar-refractivity contribution >= 4 is 28.9 Å². The van der Waals surface area contributed by atoms with Crippen LogP contribution in [0.3, 0.4) is 0 Å². The third-order valence-electron chi connectivity index (χ3n) is 4.38. The molecule has 0 unspecified atom stereocenters. The van der Waals surface area contributed by atoms with Crippen molar-refractivity contribution in [3.05, 3.63) is 35.9 Å². The third-order valence-corrected chi connectivity index (χ3v) is 4.38. The van der Waals surface area contributed by atoms with Gasteiger partial charge in [0.05, 0.1) is 0 Å². The van der Waals surface area contributed by atoms with Crippen LogP contribution in [-0.2, 0) is 6.54 Å². The van der Waals surface area contributed by atoms with Crippen LogP contribution in [0.25, 0.3) is 0 Å². The number of unbranched alkanes of at least 4 members (excludes halogenated alkanes) is 6. The van der Waals surface area contributed by atoms with Crippen molar-refractivity contribution < 1.29 is 0 Å². The molecule has 0 fully saturated rings. The van der Waals surface area contributed by atoms with Gasteiger partial charge in [0.15, 0.2) is 5.66 Å². The van der Waals surface area contributed by atoms with Crippen LogP contribution in [0.15, 0.2) is 40.3 Å². The highest BCUT2D eigenvalue weighted by molar-refractivity contribution is 8.93.